The molecule has 0 bridgehead atoms. The number of nitrogens with two attached hydrogens (primary N) is 2. The lowest BCUT2D eigenvalue weighted by Crippen LogP contribution is -2.18. The van der Waals surface area contributed by atoms with Crippen molar-refractivity contribution in [2.45, 2.75) is 25.9 Å². The molecule has 0 radical (unpaired) electrons. The Morgan fingerprint density at radius 1 is 1.54 bits per heavy atom. The van der Waals surface area contributed by atoms with E-state index in [1.54, 1.807) is 6.20 Å². The number of rotatable bonds is 3. The number of hydrogen-bond donors (Lipinski definition) is 2. The molecule has 0 aliphatic heterocycles. The summed E-state index contributed by atoms with van der Waals surface area (Å²) < 4.78 is 0. The predicted molar refractivity (Wildman–Crippen MR) is 56.7 cm³/mol. The molecule has 1 aromatic heterocycles. The topological polar surface area (TPSA) is 64.9 Å². The molecule has 4 N–H and O–H groups in total. The van der Waals surface area contributed by atoms with E-state index in [-0.39, 0.29) is 18.4 Å². The van der Waals surface area contributed by atoms with Crippen molar-refractivity contribution in [2.24, 2.45) is 11.5 Å². The van der Waals surface area contributed by atoms with Crippen LogP contribution < -0.4 is 11.5 Å². The van der Waals surface area contributed by atoms with Gasteiger partial charge in [-0.05, 0) is 31.0 Å². The fourth-order valence-corrected chi connectivity index (χ4v) is 1.14. The van der Waals surface area contributed by atoms with Crippen LogP contribution in [0.25, 0.3) is 0 Å². The molecule has 3 nitrogen and oxygen atoms in total. The summed E-state index contributed by atoms with van der Waals surface area (Å²) in [6.45, 7) is 2.48. The lowest BCUT2D eigenvalue weighted by atomic mass is 10.1. The van der Waals surface area contributed by atoms with E-state index in [4.69, 9.17) is 11.5 Å². The lowest BCUT2D eigenvalue weighted by Gasteiger charge is -2.05. The van der Waals surface area contributed by atoms with Crippen LogP contribution in [0.5, 0.6) is 0 Å². The second kappa shape index (κ2) is 5.91. The maximum absolute atomic E-state index is 5.66. The number of nitrogens with zero attached hydrogens (tertiary/aromatic N) is 1. The highest BCUT2D eigenvalue weighted by atomic mass is 35.5. The van der Waals surface area contributed by atoms with Crippen LogP contribution in [0, 0.1) is 0 Å². The summed E-state index contributed by atoms with van der Waals surface area (Å²) >= 11 is 0. The number of aromatic nitrogens is 1. The van der Waals surface area contributed by atoms with E-state index in [1.807, 2.05) is 19.1 Å². The van der Waals surface area contributed by atoms with Crippen LogP contribution in [-0.4, -0.2) is 11.0 Å². The molecular weight excluding hydrogens is 186 g/mol. The third-order valence-electron chi connectivity index (χ3n) is 1.65. The van der Waals surface area contributed by atoms with Gasteiger partial charge < -0.3 is 11.5 Å². The molecule has 0 saturated carbocycles. The van der Waals surface area contributed by atoms with Crippen molar-refractivity contribution in [3.05, 3.63) is 29.6 Å². The van der Waals surface area contributed by atoms with E-state index >= 15 is 0 Å². The van der Waals surface area contributed by atoms with Gasteiger partial charge in [-0.1, -0.05) is 0 Å². The first kappa shape index (κ1) is 12.4. The molecule has 1 heterocycles. The zero-order valence-electron chi connectivity index (χ0n) is 7.73. The highest BCUT2D eigenvalue weighted by Gasteiger charge is 1.98. The molecule has 74 valence electrons. The molecule has 0 fully saturated rings. The normalized spacial score (nSPS) is 11.9. The summed E-state index contributed by atoms with van der Waals surface area (Å²) in [5.74, 6) is 0. The first-order valence-corrected chi connectivity index (χ1v) is 4.12. The largest absolute Gasteiger partial charge is 0.328 e. The standard InChI is InChI=1S/C9H15N3.ClH/c1-7(11)4-8-2-3-12-9(5-8)6-10;/h2-3,5,7H,4,6,10-11H2,1H3;1H. The van der Waals surface area contributed by atoms with E-state index in [1.165, 1.54) is 5.56 Å². The van der Waals surface area contributed by atoms with Gasteiger partial charge in [-0.3, -0.25) is 4.98 Å². The quantitative estimate of drug-likeness (QED) is 0.762. The van der Waals surface area contributed by atoms with Crippen molar-refractivity contribution in [1.82, 2.24) is 4.98 Å². The maximum Gasteiger partial charge on any atom is 0.0542 e. The number of hydrogen-bond acceptors (Lipinski definition) is 3. The van der Waals surface area contributed by atoms with Crippen molar-refractivity contribution >= 4 is 12.4 Å². The van der Waals surface area contributed by atoms with E-state index in [0.717, 1.165) is 12.1 Å². The molecule has 1 unspecified atom stereocenters. The molecule has 1 atom stereocenters. The minimum atomic E-state index is 0. The minimum Gasteiger partial charge on any atom is -0.328 e. The molecule has 0 aliphatic carbocycles. The van der Waals surface area contributed by atoms with Crippen LogP contribution in [0.4, 0.5) is 0 Å². The Hall–Kier alpha value is -0.640. The van der Waals surface area contributed by atoms with Gasteiger partial charge in [-0.2, -0.15) is 0 Å². The molecule has 0 aromatic carbocycles. The van der Waals surface area contributed by atoms with Crippen LogP contribution in [-0.2, 0) is 13.0 Å². The van der Waals surface area contributed by atoms with Crippen molar-refractivity contribution < 1.29 is 0 Å². The minimum absolute atomic E-state index is 0. The number of pyridine rings is 1. The zero-order chi connectivity index (χ0) is 8.97. The van der Waals surface area contributed by atoms with E-state index in [2.05, 4.69) is 4.98 Å². The van der Waals surface area contributed by atoms with Crippen molar-refractivity contribution in [1.29, 1.82) is 0 Å². The lowest BCUT2D eigenvalue weighted by molar-refractivity contribution is 0.735. The van der Waals surface area contributed by atoms with E-state index in [0.29, 0.717) is 6.54 Å². The summed E-state index contributed by atoms with van der Waals surface area (Å²) in [6.07, 6.45) is 2.66. The number of halogens is 1. The zero-order valence-corrected chi connectivity index (χ0v) is 8.55. The van der Waals surface area contributed by atoms with Gasteiger partial charge in [0.15, 0.2) is 0 Å². The predicted octanol–water partition coefficient (Wildman–Crippen LogP) is 0.852. The van der Waals surface area contributed by atoms with Gasteiger partial charge in [-0.25, -0.2) is 0 Å². The van der Waals surface area contributed by atoms with Crippen molar-refractivity contribution in [2.75, 3.05) is 0 Å². The van der Waals surface area contributed by atoms with Gasteiger partial charge in [-0.15, -0.1) is 12.4 Å². The van der Waals surface area contributed by atoms with E-state index < -0.39 is 0 Å². The van der Waals surface area contributed by atoms with Crippen LogP contribution in [0.3, 0.4) is 0 Å². The average Bonchev–Trinajstić information content (AvgIpc) is 2.03. The highest BCUT2D eigenvalue weighted by Crippen LogP contribution is 2.03. The Morgan fingerprint density at radius 3 is 2.77 bits per heavy atom. The smallest absolute Gasteiger partial charge is 0.0542 e. The van der Waals surface area contributed by atoms with Gasteiger partial charge >= 0.3 is 0 Å². The summed E-state index contributed by atoms with van der Waals surface area (Å²) in [4.78, 5) is 4.10. The highest BCUT2D eigenvalue weighted by molar-refractivity contribution is 5.85. The van der Waals surface area contributed by atoms with Crippen molar-refractivity contribution in [3.63, 3.8) is 0 Å². The fraction of sp³-hybridized carbons (Fsp3) is 0.444. The molecule has 0 spiro atoms. The van der Waals surface area contributed by atoms with Crippen LogP contribution >= 0.6 is 12.4 Å². The Bertz CT molecular complexity index is 250. The molecule has 0 saturated heterocycles. The second-order valence-electron chi connectivity index (χ2n) is 3.04. The molecule has 1 rings (SSSR count). The molecule has 0 amide bonds. The van der Waals surface area contributed by atoms with Gasteiger partial charge in [0.05, 0.1) is 5.69 Å². The Balaban J connectivity index is 0.00000144. The molecular formula is C9H16ClN3. The average molecular weight is 202 g/mol. The first-order chi connectivity index (χ1) is 5.72. The van der Waals surface area contributed by atoms with Gasteiger partial charge in [0.25, 0.3) is 0 Å². The second-order valence-corrected chi connectivity index (χ2v) is 3.04. The SMILES string of the molecule is CC(N)Cc1ccnc(CN)c1.Cl. The molecule has 1 aromatic rings. The summed E-state index contributed by atoms with van der Waals surface area (Å²) in [5.41, 5.74) is 13.3. The Labute approximate surface area is 84.9 Å². The van der Waals surface area contributed by atoms with Gasteiger partial charge in [0.1, 0.15) is 0 Å². The third kappa shape index (κ3) is 4.22. The van der Waals surface area contributed by atoms with Gasteiger partial charge in [0.2, 0.25) is 0 Å². The summed E-state index contributed by atoms with van der Waals surface area (Å²) in [6, 6.07) is 4.17. The summed E-state index contributed by atoms with van der Waals surface area (Å²) in [7, 11) is 0. The molecule has 4 heteroatoms. The van der Waals surface area contributed by atoms with Gasteiger partial charge in [0, 0.05) is 18.8 Å². The van der Waals surface area contributed by atoms with Crippen LogP contribution in [0.2, 0.25) is 0 Å². The fourth-order valence-electron chi connectivity index (χ4n) is 1.14. The van der Waals surface area contributed by atoms with E-state index in [9.17, 15) is 0 Å². The Morgan fingerprint density at radius 2 is 2.23 bits per heavy atom. The summed E-state index contributed by atoms with van der Waals surface area (Å²) in [5, 5.41) is 0. The third-order valence-corrected chi connectivity index (χ3v) is 1.65. The van der Waals surface area contributed by atoms with Crippen LogP contribution in [0.1, 0.15) is 18.2 Å². The molecule has 13 heavy (non-hydrogen) atoms. The molecule has 0 aliphatic rings. The first-order valence-electron chi connectivity index (χ1n) is 4.12. The van der Waals surface area contributed by atoms with Crippen LogP contribution in [0.15, 0.2) is 18.3 Å². The van der Waals surface area contributed by atoms with Crippen molar-refractivity contribution in [3.8, 4) is 0 Å². The maximum atomic E-state index is 5.66. The Kier molecular flexibility index (Phi) is 5.62. The monoisotopic (exact) mass is 201 g/mol.